The lowest BCUT2D eigenvalue weighted by Crippen LogP contribution is -2.28. The van der Waals surface area contributed by atoms with E-state index in [1.807, 2.05) is 37.3 Å². The van der Waals surface area contributed by atoms with Crippen molar-refractivity contribution >= 4 is 17.7 Å². The van der Waals surface area contributed by atoms with Gasteiger partial charge in [-0.2, -0.15) is 0 Å². The van der Waals surface area contributed by atoms with E-state index in [9.17, 15) is 13.6 Å². The van der Waals surface area contributed by atoms with Gasteiger partial charge in [0.1, 0.15) is 0 Å². The number of hydrogen-bond donors (Lipinski definition) is 1. The lowest BCUT2D eigenvalue weighted by Gasteiger charge is -2.14. The largest absolute Gasteiger partial charge is 0.349 e. The number of nitrogens with one attached hydrogen (secondary N) is 1. The summed E-state index contributed by atoms with van der Waals surface area (Å²) in [6.07, 6.45) is 0. The Hall–Kier alpha value is -1.88. The molecule has 1 amide bonds. The highest BCUT2D eigenvalue weighted by Gasteiger charge is 2.10. The summed E-state index contributed by atoms with van der Waals surface area (Å²) in [5.74, 6) is -1.79. The summed E-state index contributed by atoms with van der Waals surface area (Å²) in [4.78, 5) is 12.4. The molecule has 0 aromatic heterocycles. The van der Waals surface area contributed by atoms with Crippen molar-refractivity contribution in [2.24, 2.45) is 0 Å². The van der Waals surface area contributed by atoms with E-state index >= 15 is 0 Å². The van der Waals surface area contributed by atoms with Gasteiger partial charge in [-0.05, 0) is 30.7 Å². The van der Waals surface area contributed by atoms with Gasteiger partial charge in [0.15, 0.2) is 11.6 Å². The molecule has 1 atom stereocenters. The Morgan fingerprint density at radius 2 is 1.86 bits per heavy atom. The van der Waals surface area contributed by atoms with Gasteiger partial charge in [0.05, 0.1) is 11.8 Å². The summed E-state index contributed by atoms with van der Waals surface area (Å²) in [7, 11) is 0. The number of rotatable bonds is 5. The molecule has 0 aliphatic carbocycles. The lowest BCUT2D eigenvalue weighted by molar-refractivity contribution is -0.119. The molecule has 2 rings (SSSR count). The molecule has 0 aliphatic rings. The minimum Gasteiger partial charge on any atom is -0.349 e. The minimum absolute atomic E-state index is 0.0933. The molecule has 0 spiro atoms. The van der Waals surface area contributed by atoms with Crippen molar-refractivity contribution in [3.8, 4) is 0 Å². The first-order valence-electron chi connectivity index (χ1n) is 6.48. The lowest BCUT2D eigenvalue weighted by atomic mass is 10.1. The average Bonchev–Trinajstić information content (AvgIpc) is 2.49. The zero-order chi connectivity index (χ0) is 15.2. The molecule has 0 fully saturated rings. The molecule has 5 heteroatoms. The Bertz CT molecular complexity index is 619. The molecule has 1 N–H and O–H groups in total. The van der Waals surface area contributed by atoms with Crippen LogP contribution in [-0.4, -0.2) is 11.7 Å². The standard InChI is InChI=1S/C16H15F2NOS/c1-11(12-5-3-2-4-6-12)19-16(20)10-21-13-7-8-14(17)15(18)9-13/h2-9,11H,10H2,1H3,(H,19,20). The van der Waals surface area contributed by atoms with Gasteiger partial charge >= 0.3 is 0 Å². The molecule has 2 aromatic rings. The summed E-state index contributed by atoms with van der Waals surface area (Å²) in [6.45, 7) is 1.90. The van der Waals surface area contributed by atoms with Crippen LogP contribution in [0.1, 0.15) is 18.5 Å². The van der Waals surface area contributed by atoms with Crippen LogP contribution in [0.2, 0.25) is 0 Å². The molecule has 21 heavy (non-hydrogen) atoms. The quantitative estimate of drug-likeness (QED) is 0.848. The number of carbonyl (C=O) groups is 1. The summed E-state index contributed by atoms with van der Waals surface area (Å²) in [5, 5.41) is 2.86. The highest BCUT2D eigenvalue weighted by Crippen LogP contribution is 2.20. The maximum absolute atomic E-state index is 13.0. The number of thioether (sulfide) groups is 1. The van der Waals surface area contributed by atoms with E-state index in [0.717, 1.165) is 17.7 Å². The molecule has 1 unspecified atom stereocenters. The van der Waals surface area contributed by atoms with Gasteiger partial charge < -0.3 is 5.32 Å². The van der Waals surface area contributed by atoms with Crippen molar-refractivity contribution in [2.75, 3.05) is 5.75 Å². The van der Waals surface area contributed by atoms with Crippen molar-refractivity contribution in [1.29, 1.82) is 0 Å². The third-order valence-corrected chi connectivity index (χ3v) is 3.93. The van der Waals surface area contributed by atoms with Gasteiger partial charge in [-0.25, -0.2) is 8.78 Å². The van der Waals surface area contributed by atoms with E-state index in [-0.39, 0.29) is 17.7 Å². The summed E-state index contributed by atoms with van der Waals surface area (Å²) < 4.78 is 25.8. The van der Waals surface area contributed by atoms with Gasteiger partial charge in [-0.15, -0.1) is 11.8 Å². The monoisotopic (exact) mass is 307 g/mol. The smallest absolute Gasteiger partial charge is 0.230 e. The van der Waals surface area contributed by atoms with E-state index < -0.39 is 11.6 Å². The number of halogens is 2. The van der Waals surface area contributed by atoms with Crippen LogP contribution in [0.5, 0.6) is 0 Å². The van der Waals surface area contributed by atoms with Gasteiger partial charge in [0.2, 0.25) is 5.91 Å². The van der Waals surface area contributed by atoms with Crippen molar-refractivity contribution in [1.82, 2.24) is 5.32 Å². The number of carbonyl (C=O) groups excluding carboxylic acids is 1. The van der Waals surface area contributed by atoms with E-state index in [1.165, 1.54) is 17.8 Å². The SMILES string of the molecule is CC(NC(=O)CSc1ccc(F)c(F)c1)c1ccccc1. The van der Waals surface area contributed by atoms with Crippen LogP contribution in [0.4, 0.5) is 8.78 Å². The third-order valence-electron chi connectivity index (χ3n) is 2.94. The second-order valence-electron chi connectivity index (χ2n) is 4.56. The van der Waals surface area contributed by atoms with Crippen LogP contribution in [0.25, 0.3) is 0 Å². The number of amides is 1. The van der Waals surface area contributed by atoms with Gasteiger partial charge in [0, 0.05) is 4.90 Å². The van der Waals surface area contributed by atoms with E-state index in [4.69, 9.17) is 0 Å². The van der Waals surface area contributed by atoms with Crippen LogP contribution in [0.3, 0.4) is 0 Å². The number of hydrogen-bond acceptors (Lipinski definition) is 2. The fraction of sp³-hybridized carbons (Fsp3) is 0.188. The van der Waals surface area contributed by atoms with Crippen LogP contribution >= 0.6 is 11.8 Å². The Labute approximate surface area is 126 Å². The zero-order valence-electron chi connectivity index (χ0n) is 11.5. The fourth-order valence-corrected chi connectivity index (χ4v) is 2.56. The molecule has 2 nitrogen and oxygen atoms in total. The van der Waals surface area contributed by atoms with Crippen molar-refractivity contribution in [2.45, 2.75) is 17.9 Å². The maximum Gasteiger partial charge on any atom is 0.230 e. The average molecular weight is 307 g/mol. The van der Waals surface area contributed by atoms with E-state index in [2.05, 4.69) is 5.32 Å². The molecule has 0 aliphatic heterocycles. The Kier molecular flexibility index (Phi) is 5.33. The molecule has 0 heterocycles. The molecular formula is C16H15F2NOS. The first-order chi connectivity index (χ1) is 10.1. The molecule has 110 valence electrons. The van der Waals surface area contributed by atoms with Gasteiger partial charge in [-0.1, -0.05) is 30.3 Å². The van der Waals surface area contributed by atoms with Crippen LogP contribution in [-0.2, 0) is 4.79 Å². The Balaban J connectivity index is 1.86. The molecule has 0 saturated carbocycles. The first-order valence-corrected chi connectivity index (χ1v) is 7.47. The highest BCUT2D eigenvalue weighted by molar-refractivity contribution is 8.00. The van der Waals surface area contributed by atoms with E-state index in [1.54, 1.807) is 0 Å². The molecular weight excluding hydrogens is 292 g/mol. The van der Waals surface area contributed by atoms with Crippen molar-refractivity contribution < 1.29 is 13.6 Å². The zero-order valence-corrected chi connectivity index (χ0v) is 12.3. The molecule has 0 saturated heterocycles. The molecule has 0 radical (unpaired) electrons. The Morgan fingerprint density at radius 3 is 2.52 bits per heavy atom. The van der Waals surface area contributed by atoms with Gasteiger partial charge in [0.25, 0.3) is 0 Å². The topological polar surface area (TPSA) is 29.1 Å². The Morgan fingerprint density at radius 1 is 1.14 bits per heavy atom. The fourth-order valence-electron chi connectivity index (χ4n) is 1.82. The van der Waals surface area contributed by atoms with E-state index in [0.29, 0.717) is 4.90 Å². The van der Waals surface area contributed by atoms with Crippen LogP contribution < -0.4 is 5.32 Å². The van der Waals surface area contributed by atoms with Crippen LogP contribution in [0, 0.1) is 11.6 Å². The van der Waals surface area contributed by atoms with Crippen molar-refractivity contribution in [3.63, 3.8) is 0 Å². The summed E-state index contributed by atoms with van der Waals surface area (Å²) in [6, 6.07) is 13.1. The predicted molar refractivity (Wildman–Crippen MR) is 80.1 cm³/mol. The predicted octanol–water partition coefficient (Wildman–Crippen LogP) is 3.93. The van der Waals surface area contributed by atoms with Gasteiger partial charge in [-0.3, -0.25) is 4.79 Å². The summed E-state index contributed by atoms with van der Waals surface area (Å²) >= 11 is 1.17. The number of benzene rings is 2. The molecule has 2 aromatic carbocycles. The third kappa shape index (κ3) is 4.56. The minimum atomic E-state index is -0.905. The summed E-state index contributed by atoms with van der Waals surface area (Å²) in [5.41, 5.74) is 1.02. The van der Waals surface area contributed by atoms with Crippen molar-refractivity contribution in [3.05, 3.63) is 65.7 Å². The maximum atomic E-state index is 13.0. The first kappa shape index (κ1) is 15.5. The normalized spacial score (nSPS) is 12.0. The molecule has 0 bridgehead atoms. The highest BCUT2D eigenvalue weighted by atomic mass is 32.2. The second-order valence-corrected chi connectivity index (χ2v) is 5.61. The second kappa shape index (κ2) is 7.22. The van der Waals surface area contributed by atoms with Crippen LogP contribution in [0.15, 0.2) is 53.4 Å².